The number of piperidine rings is 1. The third-order valence-corrected chi connectivity index (χ3v) is 4.04. The molecular weight excluding hydrogens is 317 g/mol. The molecule has 1 aliphatic rings. The fraction of sp³-hybridized carbons (Fsp3) is 0.533. The van der Waals surface area contributed by atoms with E-state index in [1.165, 1.54) is 12.1 Å². The summed E-state index contributed by atoms with van der Waals surface area (Å²) in [5, 5.41) is 2.33. The molecule has 7 heteroatoms. The van der Waals surface area contributed by atoms with Crippen LogP contribution >= 0.6 is 11.6 Å². The van der Waals surface area contributed by atoms with Crippen LogP contribution in [0.1, 0.15) is 25.3 Å². The maximum atomic E-state index is 13.0. The monoisotopic (exact) mass is 334 g/mol. The lowest BCUT2D eigenvalue weighted by molar-refractivity contribution is -0.137. The third-order valence-electron chi connectivity index (χ3n) is 3.80. The van der Waals surface area contributed by atoms with E-state index in [2.05, 4.69) is 12.2 Å². The number of likely N-dealkylation sites (tertiary alicyclic amines) is 1. The molecule has 1 heterocycles. The lowest BCUT2D eigenvalue weighted by atomic mass is 9.99. The molecule has 1 aromatic carbocycles. The van der Waals surface area contributed by atoms with Gasteiger partial charge in [0.2, 0.25) is 5.91 Å². The first kappa shape index (κ1) is 17.1. The molecule has 1 fully saturated rings. The molecule has 1 aliphatic heterocycles. The highest BCUT2D eigenvalue weighted by Crippen LogP contribution is 2.36. The van der Waals surface area contributed by atoms with Crippen LogP contribution in [0.15, 0.2) is 18.2 Å². The Morgan fingerprint density at radius 3 is 2.59 bits per heavy atom. The zero-order valence-corrected chi connectivity index (χ0v) is 13.0. The minimum atomic E-state index is -4.56. The molecule has 0 bridgehead atoms. The summed E-state index contributed by atoms with van der Waals surface area (Å²) < 4.78 is 38.9. The van der Waals surface area contributed by atoms with Crippen molar-refractivity contribution in [3.05, 3.63) is 28.8 Å². The van der Waals surface area contributed by atoms with E-state index in [1.54, 1.807) is 0 Å². The predicted molar refractivity (Wildman–Crippen MR) is 79.9 cm³/mol. The Labute approximate surface area is 132 Å². The molecule has 0 spiro atoms. The van der Waals surface area contributed by atoms with Crippen LogP contribution in [0, 0.1) is 5.92 Å². The number of benzene rings is 1. The largest absolute Gasteiger partial charge is 0.418 e. The van der Waals surface area contributed by atoms with Crippen LogP contribution < -0.4 is 5.32 Å². The summed E-state index contributed by atoms with van der Waals surface area (Å²) >= 11 is 5.61. The second-order valence-corrected chi connectivity index (χ2v) is 6.13. The van der Waals surface area contributed by atoms with Crippen LogP contribution in [0.3, 0.4) is 0 Å². The standard InChI is InChI=1S/C15H18ClF3N2O/c1-10-4-6-21(7-5-10)9-14(22)20-13-3-2-11(16)8-12(13)15(17,18)19/h2-3,8,10H,4-7,9H2,1H3,(H,20,22). The van der Waals surface area contributed by atoms with Crippen molar-refractivity contribution in [2.75, 3.05) is 25.0 Å². The lowest BCUT2D eigenvalue weighted by Gasteiger charge is -2.29. The van der Waals surface area contributed by atoms with Crippen molar-refractivity contribution >= 4 is 23.2 Å². The van der Waals surface area contributed by atoms with Gasteiger partial charge >= 0.3 is 6.18 Å². The number of hydrogen-bond acceptors (Lipinski definition) is 2. The summed E-state index contributed by atoms with van der Waals surface area (Å²) in [4.78, 5) is 13.9. The van der Waals surface area contributed by atoms with Gasteiger partial charge in [-0.15, -0.1) is 0 Å². The molecule has 1 N–H and O–H groups in total. The molecule has 2 rings (SSSR count). The van der Waals surface area contributed by atoms with E-state index in [1.807, 2.05) is 4.90 Å². The number of carbonyl (C=O) groups excluding carboxylic acids is 1. The van der Waals surface area contributed by atoms with E-state index < -0.39 is 17.6 Å². The van der Waals surface area contributed by atoms with E-state index in [0.717, 1.165) is 32.0 Å². The Balaban J connectivity index is 2.02. The second-order valence-electron chi connectivity index (χ2n) is 5.69. The summed E-state index contributed by atoms with van der Waals surface area (Å²) in [5.74, 6) is 0.190. The maximum absolute atomic E-state index is 13.0. The molecule has 0 saturated carbocycles. The number of carbonyl (C=O) groups is 1. The number of anilines is 1. The maximum Gasteiger partial charge on any atom is 0.418 e. The van der Waals surface area contributed by atoms with Crippen LogP contribution in [0.5, 0.6) is 0 Å². The zero-order valence-electron chi connectivity index (χ0n) is 12.2. The van der Waals surface area contributed by atoms with E-state index in [-0.39, 0.29) is 17.3 Å². The minimum Gasteiger partial charge on any atom is -0.324 e. The van der Waals surface area contributed by atoms with Gasteiger partial charge in [-0.1, -0.05) is 18.5 Å². The number of hydrogen-bond donors (Lipinski definition) is 1. The molecule has 0 aromatic heterocycles. The first-order valence-electron chi connectivity index (χ1n) is 7.14. The third kappa shape index (κ3) is 4.61. The summed E-state index contributed by atoms with van der Waals surface area (Å²) in [7, 11) is 0. The Bertz CT molecular complexity index is 540. The molecule has 122 valence electrons. The number of rotatable bonds is 3. The molecule has 1 saturated heterocycles. The minimum absolute atomic E-state index is 0.0182. The Morgan fingerprint density at radius 2 is 2.00 bits per heavy atom. The smallest absolute Gasteiger partial charge is 0.324 e. The van der Waals surface area contributed by atoms with Crippen molar-refractivity contribution in [2.45, 2.75) is 25.9 Å². The summed E-state index contributed by atoms with van der Waals surface area (Å²) in [6.45, 7) is 3.84. The van der Waals surface area contributed by atoms with Crippen molar-refractivity contribution in [1.82, 2.24) is 4.90 Å². The van der Waals surface area contributed by atoms with Crippen LogP contribution in [-0.2, 0) is 11.0 Å². The van der Waals surface area contributed by atoms with Crippen LogP contribution in [0.25, 0.3) is 0 Å². The van der Waals surface area contributed by atoms with Crippen molar-refractivity contribution in [3.8, 4) is 0 Å². The fourth-order valence-electron chi connectivity index (χ4n) is 2.47. The molecule has 1 amide bonds. The fourth-order valence-corrected chi connectivity index (χ4v) is 2.65. The molecule has 3 nitrogen and oxygen atoms in total. The molecule has 1 aromatic rings. The average Bonchev–Trinajstić information content (AvgIpc) is 2.42. The highest BCUT2D eigenvalue weighted by molar-refractivity contribution is 6.30. The molecule has 0 unspecified atom stereocenters. The van der Waals surface area contributed by atoms with Crippen molar-refractivity contribution in [2.24, 2.45) is 5.92 Å². The molecule has 0 radical (unpaired) electrons. The van der Waals surface area contributed by atoms with E-state index in [4.69, 9.17) is 11.6 Å². The quantitative estimate of drug-likeness (QED) is 0.905. The highest BCUT2D eigenvalue weighted by atomic mass is 35.5. The van der Waals surface area contributed by atoms with Crippen LogP contribution in [-0.4, -0.2) is 30.4 Å². The van der Waals surface area contributed by atoms with Crippen molar-refractivity contribution in [3.63, 3.8) is 0 Å². The predicted octanol–water partition coefficient (Wildman–Crippen LogP) is 4.03. The number of alkyl halides is 3. The molecular formula is C15H18ClF3N2O. The normalized spacial score (nSPS) is 17.5. The summed E-state index contributed by atoms with van der Waals surface area (Å²) in [5.41, 5.74) is -1.19. The summed E-state index contributed by atoms with van der Waals surface area (Å²) in [6.07, 6.45) is -2.56. The SMILES string of the molecule is CC1CCN(CC(=O)Nc2ccc(Cl)cc2C(F)(F)F)CC1. The van der Waals surface area contributed by atoms with E-state index in [0.29, 0.717) is 5.92 Å². The Kier molecular flexibility index (Phi) is 5.34. The number of halogens is 4. The van der Waals surface area contributed by atoms with Crippen molar-refractivity contribution in [1.29, 1.82) is 0 Å². The van der Waals surface area contributed by atoms with Gasteiger partial charge in [0, 0.05) is 5.02 Å². The number of amides is 1. The van der Waals surface area contributed by atoms with E-state index in [9.17, 15) is 18.0 Å². The molecule has 22 heavy (non-hydrogen) atoms. The Morgan fingerprint density at radius 1 is 1.36 bits per heavy atom. The molecule has 0 aliphatic carbocycles. The van der Waals surface area contributed by atoms with Gasteiger partial charge in [0.15, 0.2) is 0 Å². The van der Waals surface area contributed by atoms with Gasteiger partial charge in [-0.05, 0) is 50.0 Å². The zero-order chi connectivity index (χ0) is 16.3. The van der Waals surface area contributed by atoms with Gasteiger partial charge in [0.25, 0.3) is 0 Å². The number of nitrogens with one attached hydrogen (secondary N) is 1. The van der Waals surface area contributed by atoms with Gasteiger partial charge in [-0.2, -0.15) is 13.2 Å². The highest BCUT2D eigenvalue weighted by Gasteiger charge is 2.34. The van der Waals surface area contributed by atoms with E-state index >= 15 is 0 Å². The second kappa shape index (κ2) is 6.87. The van der Waals surface area contributed by atoms with Crippen LogP contribution in [0.2, 0.25) is 5.02 Å². The first-order chi connectivity index (χ1) is 10.3. The first-order valence-corrected chi connectivity index (χ1v) is 7.52. The van der Waals surface area contributed by atoms with Gasteiger partial charge < -0.3 is 5.32 Å². The van der Waals surface area contributed by atoms with Gasteiger partial charge in [-0.25, -0.2) is 0 Å². The summed E-state index contributed by atoms with van der Waals surface area (Å²) in [6, 6.07) is 3.33. The van der Waals surface area contributed by atoms with Gasteiger partial charge in [-0.3, -0.25) is 9.69 Å². The van der Waals surface area contributed by atoms with Crippen LogP contribution in [0.4, 0.5) is 18.9 Å². The average molecular weight is 335 g/mol. The Hall–Kier alpha value is -1.27. The number of nitrogens with zero attached hydrogens (tertiary/aromatic N) is 1. The van der Waals surface area contributed by atoms with Gasteiger partial charge in [0.1, 0.15) is 0 Å². The van der Waals surface area contributed by atoms with Gasteiger partial charge in [0.05, 0.1) is 17.8 Å². The topological polar surface area (TPSA) is 32.3 Å². The van der Waals surface area contributed by atoms with Crippen molar-refractivity contribution < 1.29 is 18.0 Å². The molecule has 0 atom stereocenters. The lowest BCUT2D eigenvalue weighted by Crippen LogP contribution is -2.38.